The first-order valence-electron chi connectivity index (χ1n) is 6.65. The molecule has 3 rings (SSSR count). The molecular weight excluding hydrogens is 262 g/mol. The van der Waals surface area contributed by atoms with E-state index in [9.17, 15) is 4.79 Å². The summed E-state index contributed by atoms with van der Waals surface area (Å²) in [5, 5.41) is 4.21. The first kappa shape index (κ1) is 12.5. The van der Waals surface area contributed by atoms with Gasteiger partial charge < -0.3 is 9.73 Å². The molecule has 1 aliphatic carbocycles. The van der Waals surface area contributed by atoms with Crippen molar-refractivity contribution in [2.45, 2.75) is 37.1 Å². The zero-order valence-electron chi connectivity index (χ0n) is 10.6. The van der Waals surface area contributed by atoms with Crippen molar-refractivity contribution < 1.29 is 9.21 Å². The van der Waals surface area contributed by atoms with Gasteiger partial charge >= 0.3 is 0 Å². The van der Waals surface area contributed by atoms with Gasteiger partial charge in [0.1, 0.15) is 11.8 Å². The number of para-hydroxylation sites is 1. The average molecular weight is 278 g/mol. The zero-order valence-corrected chi connectivity index (χ0v) is 11.3. The van der Waals surface area contributed by atoms with Crippen molar-refractivity contribution in [3.63, 3.8) is 0 Å². The molecule has 1 aromatic carbocycles. The van der Waals surface area contributed by atoms with Gasteiger partial charge in [0.15, 0.2) is 0 Å². The smallest absolute Gasteiger partial charge is 0.255 e. The Morgan fingerprint density at radius 1 is 1.21 bits per heavy atom. The summed E-state index contributed by atoms with van der Waals surface area (Å²) in [6, 6.07) is 7.81. The molecule has 3 nitrogen and oxygen atoms in total. The quantitative estimate of drug-likeness (QED) is 0.850. The molecule has 0 aliphatic heterocycles. The SMILES string of the molecule is O=C(NC1CCC(Cl)CC1)c1coc2ccccc12. The molecule has 1 saturated carbocycles. The summed E-state index contributed by atoms with van der Waals surface area (Å²) in [7, 11) is 0. The molecule has 0 spiro atoms. The number of alkyl halides is 1. The normalized spacial score (nSPS) is 23.4. The maximum Gasteiger partial charge on any atom is 0.255 e. The molecule has 0 atom stereocenters. The summed E-state index contributed by atoms with van der Waals surface area (Å²) in [5.74, 6) is -0.0528. The van der Waals surface area contributed by atoms with E-state index in [1.54, 1.807) is 0 Å². The highest BCUT2D eigenvalue weighted by atomic mass is 35.5. The molecule has 1 amide bonds. The minimum Gasteiger partial charge on any atom is -0.463 e. The van der Waals surface area contributed by atoms with Gasteiger partial charge in [-0.3, -0.25) is 4.79 Å². The summed E-state index contributed by atoms with van der Waals surface area (Å²) < 4.78 is 5.39. The lowest BCUT2D eigenvalue weighted by Crippen LogP contribution is -2.37. The van der Waals surface area contributed by atoms with Crippen LogP contribution in [0.15, 0.2) is 34.9 Å². The maximum absolute atomic E-state index is 12.3. The van der Waals surface area contributed by atoms with E-state index in [2.05, 4.69) is 5.32 Å². The topological polar surface area (TPSA) is 42.2 Å². The third-order valence-corrected chi connectivity index (χ3v) is 4.15. The van der Waals surface area contributed by atoms with E-state index < -0.39 is 0 Å². The number of amides is 1. The minimum atomic E-state index is -0.0528. The number of benzene rings is 1. The van der Waals surface area contributed by atoms with Crippen LogP contribution in [0.2, 0.25) is 0 Å². The fourth-order valence-electron chi connectivity index (χ4n) is 2.61. The number of carbonyl (C=O) groups excluding carboxylic acids is 1. The molecule has 0 saturated heterocycles. The van der Waals surface area contributed by atoms with E-state index >= 15 is 0 Å². The summed E-state index contributed by atoms with van der Waals surface area (Å²) >= 11 is 6.07. The fourth-order valence-corrected chi connectivity index (χ4v) is 2.87. The molecular formula is C15H16ClNO2. The van der Waals surface area contributed by atoms with Crippen molar-refractivity contribution >= 4 is 28.5 Å². The monoisotopic (exact) mass is 277 g/mol. The number of hydrogen-bond acceptors (Lipinski definition) is 2. The van der Waals surface area contributed by atoms with Gasteiger partial charge in [-0.05, 0) is 31.7 Å². The molecule has 1 aliphatic rings. The van der Waals surface area contributed by atoms with Crippen molar-refractivity contribution in [1.82, 2.24) is 5.32 Å². The highest BCUT2D eigenvalue weighted by molar-refractivity contribution is 6.20. The Morgan fingerprint density at radius 3 is 2.74 bits per heavy atom. The molecule has 1 fully saturated rings. The number of nitrogens with one attached hydrogen (secondary N) is 1. The summed E-state index contributed by atoms with van der Waals surface area (Å²) in [5.41, 5.74) is 1.36. The lowest BCUT2D eigenvalue weighted by Gasteiger charge is -2.25. The van der Waals surface area contributed by atoms with E-state index in [-0.39, 0.29) is 17.3 Å². The fraction of sp³-hybridized carbons (Fsp3) is 0.400. The number of furan rings is 1. The van der Waals surface area contributed by atoms with E-state index in [1.165, 1.54) is 6.26 Å². The minimum absolute atomic E-state index is 0.0528. The molecule has 0 bridgehead atoms. The molecule has 2 aromatic rings. The van der Waals surface area contributed by atoms with Crippen LogP contribution in [0.3, 0.4) is 0 Å². The van der Waals surface area contributed by atoms with Gasteiger partial charge in [-0.15, -0.1) is 11.6 Å². The Balaban J connectivity index is 1.73. The molecule has 1 heterocycles. The third kappa shape index (κ3) is 2.61. The first-order chi connectivity index (χ1) is 9.24. The van der Waals surface area contributed by atoms with Gasteiger partial charge in [-0.2, -0.15) is 0 Å². The third-order valence-electron chi connectivity index (χ3n) is 3.72. The lowest BCUT2D eigenvalue weighted by molar-refractivity contribution is 0.0929. The molecule has 1 N–H and O–H groups in total. The number of halogens is 1. The maximum atomic E-state index is 12.3. The number of rotatable bonds is 2. The van der Waals surface area contributed by atoms with Gasteiger partial charge in [0.05, 0.1) is 5.56 Å². The van der Waals surface area contributed by atoms with E-state index in [1.807, 2.05) is 24.3 Å². The van der Waals surface area contributed by atoms with Crippen LogP contribution >= 0.6 is 11.6 Å². The Bertz CT molecular complexity index is 585. The molecule has 0 unspecified atom stereocenters. The predicted octanol–water partition coefficient (Wildman–Crippen LogP) is 3.71. The van der Waals surface area contributed by atoms with Crippen LogP contribution in [0, 0.1) is 0 Å². The number of carbonyl (C=O) groups is 1. The van der Waals surface area contributed by atoms with Crippen molar-refractivity contribution in [2.24, 2.45) is 0 Å². The van der Waals surface area contributed by atoms with Crippen LogP contribution in [-0.2, 0) is 0 Å². The number of hydrogen-bond donors (Lipinski definition) is 1. The van der Waals surface area contributed by atoms with Crippen LogP contribution in [0.25, 0.3) is 11.0 Å². The van der Waals surface area contributed by atoms with Gasteiger partial charge in [-0.25, -0.2) is 0 Å². The van der Waals surface area contributed by atoms with Crippen LogP contribution < -0.4 is 5.32 Å². The lowest BCUT2D eigenvalue weighted by atomic mass is 9.95. The highest BCUT2D eigenvalue weighted by Crippen LogP contribution is 2.24. The van der Waals surface area contributed by atoms with Gasteiger partial charge in [0.25, 0.3) is 5.91 Å². The second-order valence-electron chi connectivity index (χ2n) is 5.07. The van der Waals surface area contributed by atoms with Gasteiger partial charge in [-0.1, -0.05) is 18.2 Å². The molecule has 1 aromatic heterocycles. The molecule has 0 radical (unpaired) electrons. The summed E-state index contributed by atoms with van der Waals surface area (Å²) in [6.07, 6.45) is 5.38. The van der Waals surface area contributed by atoms with E-state index in [4.69, 9.17) is 16.0 Å². The predicted molar refractivity (Wildman–Crippen MR) is 75.6 cm³/mol. The van der Waals surface area contributed by atoms with Crippen LogP contribution in [0.4, 0.5) is 0 Å². The standard InChI is InChI=1S/C15H16ClNO2/c16-10-5-7-11(8-6-10)17-15(18)13-9-19-14-4-2-1-3-12(13)14/h1-4,9-11H,5-8H2,(H,17,18). The van der Waals surface area contributed by atoms with Crippen LogP contribution in [0.5, 0.6) is 0 Å². The molecule has 100 valence electrons. The van der Waals surface area contributed by atoms with Crippen molar-refractivity contribution in [1.29, 1.82) is 0 Å². The second kappa shape index (κ2) is 5.25. The van der Waals surface area contributed by atoms with Crippen molar-refractivity contribution in [2.75, 3.05) is 0 Å². The Morgan fingerprint density at radius 2 is 1.95 bits per heavy atom. The Labute approximate surface area is 116 Å². The average Bonchev–Trinajstić information content (AvgIpc) is 2.85. The Hall–Kier alpha value is -1.48. The highest BCUT2D eigenvalue weighted by Gasteiger charge is 2.22. The van der Waals surface area contributed by atoms with Gasteiger partial charge in [0, 0.05) is 16.8 Å². The molecule has 19 heavy (non-hydrogen) atoms. The summed E-state index contributed by atoms with van der Waals surface area (Å²) in [6.45, 7) is 0. The van der Waals surface area contributed by atoms with Crippen molar-refractivity contribution in [3.05, 3.63) is 36.1 Å². The second-order valence-corrected chi connectivity index (χ2v) is 5.69. The van der Waals surface area contributed by atoms with Crippen LogP contribution in [0.1, 0.15) is 36.0 Å². The largest absolute Gasteiger partial charge is 0.463 e. The molecule has 4 heteroatoms. The van der Waals surface area contributed by atoms with Crippen LogP contribution in [-0.4, -0.2) is 17.3 Å². The Kier molecular flexibility index (Phi) is 3.47. The van der Waals surface area contributed by atoms with Crippen molar-refractivity contribution in [3.8, 4) is 0 Å². The summed E-state index contributed by atoms with van der Waals surface area (Å²) in [4.78, 5) is 12.3. The van der Waals surface area contributed by atoms with E-state index in [0.29, 0.717) is 5.56 Å². The van der Waals surface area contributed by atoms with Gasteiger partial charge in [0.2, 0.25) is 0 Å². The zero-order chi connectivity index (χ0) is 13.2. The van der Waals surface area contributed by atoms with E-state index in [0.717, 1.165) is 36.7 Å². The first-order valence-corrected chi connectivity index (χ1v) is 7.09. The number of fused-ring (bicyclic) bond motifs is 1.